The molecule has 0 aliphatic heterocycles. The molecule has 9 heteroatoms. The second-order valence-corrected chi connectivity index (χ2v) is 3.86. The monoisotopic (exact) mass is 291 g/mol. The lowest BCUT2D eigenvalue weighted by Gasteiger charge is -2.02. The molecule has 0 aliphatic carbocycles. The van der Waals surface area contributed by atoms with Gasteiger partial charge in [0.05, 0.1) is 12.7 Å². The van der Waals surface area contributed by atoms with Crippen molar-refractivity contribution in [2.45, 2.75) is 12.7 Å². The Morgan fingerprint density at radius 2 is 1.95 bits per heavy atom. The maximum atomic E-state index is 13.3. The van der Waals surface area contributed by atoms with Crippen molar-refractivity contribution in [1.82, 2.24) is 15.0 Å². The smallest absolute Gasteiger partial charge is 0.282 e. The van der Waals surface area contributed by atoms with Gasteiger partial charge in [-0.05, 0) is 6.07 Å². The van der Waals surface area contributed by atoms with E-state index in [0.717, 1.165) is 23.0 Å². The molecule has 106 valence electrons. The number of rotatable bonds is 3. The molecule has 0 spiro atoms. The number of hydrogen-bond acceptors (Lipinski definition) is 3. The van der Waals surface area contributed by atoms with Crippen LogP contribution in [0, 0.1) is 11.6 Å². The number of carbonyl (C=O) groups is 1. The van der Waals surface area contributed by atoms with E-state index in [1.807, 2.05) is 0 Å². The molecule has 1 aromatic heterocycles. The molecule has 2 rings (SSSR count). The molecule has 1 aromatic carbocycles. The molecule has 0 unspecified atom stereocenters. The van der Waals surface area contributed by atoms with E-state index in [1.165, 1.54) is 0 Å². The van der Waals surface area contributed by atoms with Crippen molar-refractivity contribution in [2.24, 2.45) is 0 Å². The van der Waals surface area contributed by atoms with Crippen molar-refractivity contribution >= 4 is 5.78 Å². The zero-order valence-corrected chi connectivity index (χ0v) is 9.66. The number of alkyl halides is 3. The number of halogens is 5. The highest BCUT2D eigenvalue weighted by Crippen LogP contribution is 2.20. The molecule has 0 bridgehead atoms. The minimum absolute atomic E-state index is 0.00214. The molecule has 0 aliphatic rings. The van der Waals surface area contributed by atoms with Crippen LogP contribution in [0.25, 0.3) is 0 Å². The molecule has 4 nitrogen and oxygen atoms in total. The van der Waals surface area contributed by atoms with Crippen LogP contribution in [0.5, 0.6) is 0 Å². The summed E-state index contributed by atoms with van der Waals surface area (Å²) in [4.78, 5) is 10.9. The second kappa shape index (κ2) is 4.99. The predicted octanol–water partition coefficient (Wildman–Crippen LogP) is 2.35. The van der Waals surface area contributed by atoms with Crippen LogP contribution in [-0.2, 0) is 6.54 Å². The number of carbonyl (C=O) groups excluding carboxylic acids is 1. The Labute approximate surface area is 108 Å². The molecular formula is C11H6F5N3O. The van der Waals surface area contributed by atoms with Crippen molar-refractivity contribution in [1.29, 1.82) is 0 Å². The number of Topliss-reactive ketones (excluding diaryl/α,β-unsaturated/α-hetero) is 1. The minimum atomic E-state index is -5.05. The van der Waals surface area contributed by atoms with Gasteiger partial charge in [-0.25, -0.2) is 13.5 Å². The average Bonchev–Trinajstić information content (AvgIpc) is 2.79. The predicted molar refractivity (Wildman–Crippen MR) is 55.9 cm³/mol. The summed E-state index contributed by atoms with van der Waals surface area (Å²) in [7, 11) is 0. The minimum Gasteiger partial charge on any atom is -0.282 e. The van der Waals surface area contributed by atoms with E-state index in [1.54, 1.807) is 0 Å². The van der Waals surface area contributed by atoms with Gasteiger partial charge < -0.3 is 0 Å². The number of nitrogens with zero attached hydrogens (tertiary/aromatic N) is 3. The van der Waals surface area contributed by atoms with Crippen molar-refractivity contribution in [3.8, 4) is 0 Å². The third-order valence-corrected chi connectivity index (χ3v) is 2.38. The van der Waals surface area contributed by atoms with Gasteiger partial charge in [0.25, 0.3) is 5.78 Å². The summed E-state index contributed by atoms with van der Waals surface area (Å²) in [5.41, 5.74) is -0.887. The normalized spacial score (nSPS) is 11.7. The van der Waals surface area contributed by atoms with Gasteiger partial charge in [-0.3, -0.25) is 4.79 Å². The second-order valence-electron chi connectivity index (χ2n) is 3.86. The molecule has 0 atom stereocenters. The fourth-order valence-electron chi connectivity index (χ4n) is 1.45. The first-order chi connectivity index (χ1) is 9.27. The molecule has 0 saturated heterocycles. The zero-order valence-electron chi connectivity index (χ0n) is 9.66. The standard InChI is InChI=1S/C11H6F5N3O/c12-7-2-1-6(8(13)3-7)4-19-5-9(17-18-19)10(20)11(14,15)16/h1-3,5H,4H2. The van der Waals surface area contributed by atoms with Crippen LogP contribution in [0.15, 0.2) is 24.4 Å². The van der Waals surface area contributed by atoms with Crippen molar-refractivity contribution < 1.29 is 26.7 Å². The first-order valence-corrected chi connectivity index (χ1v) is 5.23. The van der Waals surface area contributed by atoms with Crippen molar-refractivity contribution in [3.05, 3.63) is 47.3 Å². The Morgan fingerprint density at radius 1 is 1.25 bits per heavy atom. The maximum Gasteiger partial charge on any atom is 0.456 e. The van der Waals surface area contributed by atoms with E-state index in [9.17, 15) is 26.7 Å². The van der Waals surface area contributed by atoms with Crippen LogP contribution in [-0.4, -0.2) is 27.0 Å². The zero-order chi connectivity index (χ0) is 14.9. The van der Waals surface area contributed by atoms with E-state index < -0.39 is 29.3 Å². The first-order valence-electron chi connectivity index (χ1n) is 5.23. The Morgan fingerprint density at radius 3 is 2.55 bits per heavy atom. The van der Waals surface area contributed by atoms with Crippen LogP contribution in [0.3, 0.4) is 0 Å². The van der Waals surface area contributed by atoms with Crippen molar-refractivity contribution in [2.75, 3.05) is 0 Å². The molecule has 0 amide bonds. The summed E-state index contributed by atoms with van der Waals surface area (Å²) >= 11 is 0. The van der Waals surface area contributed by atoms with Gasteiger partial charge >= 0.3 is 6.18 Å². The highest BCUT2D eigenvalue weighted by atomic mass is 19.4. The maximum absolute atomic E-state index is 13.3. The quantitative estimate of drug-likeness (QED) is 0.644. The number of aromatic nitrogens is 3. The molecule has 0 radical (unpaired) electrons. The Bertz CT molecular complexity index is 650. The van der Waals surface area contributed by atoms with Gasteiger partial charge in [-0.2, -0.15) is 13.2 Å². The molecule has 1 heterocycles. The van der Waals surface area contributed by atoms with Crippen molar-refractivity contribution in [3.63, 3.8) is 0 Å². The lowest BCUT2D eigenvalue weighted by Crippen LogP contribution is -2.23. The van der Waals surface area contributed by atoms with E-state index in [4.69, 9.17) is 0 Å². The largest absolute Gasteiger partial charge is 0.456 e. The van der Waals surface area contributed by atoms with Crippen LogP contribution in [0.4, 0.5) is 22.0 Å². The molecular weight excluding hydrogens is 285 g/mol. The van der Waals surface area contributed by atoms with Crippen LogP contribution < -0.4 is 0 Å². The highest BCUT2D eigenvalue weighted by Gasteiger charge is 2.41. The van der Waals surface area contributed by atoms with E-state index in [0.29, 0.717) is 6.07 Å². The van der Waals surface area contributed by atoms with E-state index >= 15 is 0 Å². The van der Waals surface area contributed by atoms with Gasteiger partial charge in [-0.1, -0.05) is 11.3 Å². The number of ketones is 1. The van der Waals surface area contributed by atoms with Gasteiger partial charge in [0.1, 0.15) is 11.6 Å². The van der Waals surface area contributed by atoms with Crippen LogP contribution in [0.2, 0.25) is 0 Å². The fraction of sp³-hybridized carbons (Fsp3) is 0.182. The summed E-state index contributed by atoms with van der Waals surface area (Å²) in [6.45, 7) is -0.274. The highest BCUT2D eigenvalue weighted by molar-refractivity contribution is 5.98. The molecule has 20 heavy (non-hydrogen) atoms. The van der Waals surface area contributed by atoms with E-state index in [-0.39, 0.29) is 12.1 Å². The Balaban J connectivity index is 2.20. The number of benzene rings is 1. The summed E-state index contributed by atoms with van der Waals surface area (Å²) in [5.74, 6) is -3.79. The average molecular weight is 291 g/mol. The van der Waals surface area contributed by atoms with Gasteiger partial charge in [-0.15, -0.1) is 5.10 Å². The Hall–Kier alpha value is -2.32. The van der Waals surface area contributed by atoms with Crippen LogP contribution in [0.1, 0.15) is 16.1 Å². The SMILES string of the molecule is O=C(c1cn(Cc2ccc(F)cc2F)nn1)C(F)(F)F. The third-order valence-electron chi connectivity index (χ3n) is 2.38. The Kier molecular flexibility index (Phi) is 3.51. The van der Waals surface area contributed by atoms with Gasteiger partial charge in [0, 0.05) is 11.6 Å². The lowest BCUT2D eigenvalue weighted by molar-refractivity contribution is -0.0888. The van der Waals surface area contributed by atoms with Crippen LogP contribution >= 0.6 is 0 Å². The summed E-state index contributed by atoms with van der Waals surface area (Å²) in [5, 5.41) is 6.37. The summed E-state index contributed by atoms with van der Waals surface area (Å²) < 4.78 is 63.3. The van der Waals surface area contributed by atoms with Gasteiger partial charge in [0.2, 0.25) is 0 Å². The molecule has 0 fully saturated rings. The molecule has 0 saturated carbocycles. The van der Waals surface area contributed by atoms with Gasteiger partial charge in [0.15, 0.2) is 5.69 Å². The third kappa shape index (κ3) is 2.98. The topological polar surface area (TPSA) is 47.8 Å². The molecule has 2 aromatic rings. The molecule has 0 N–H and O–H groups in total. The fourth-order valence-corrected chi connectivity index (χ4v) is 1.45. The van der Waals surface area contributed by atoms with E-state index in [2.05, 4.69) is 10.3 Å². The summed E-state index contributed by atoms with van der Waals surface area (Å²) in [6, 6.07) is 2.75. The lowest BCUT2D eigenvalue weighted by atomic mass is 10.2. The first kappa shape index (κ1) is 14.1. The number of hydrogen-bond donors (Lipinski definition) is 0. The summed E-state index contributed by atoms with van der Waals surface area (Å²) in [6.07, 6.45) is -4.30.